The zero-order valence-corrected chi connectivity index (χ0v) is 26.0. The molecule has 0 atom stereocenters. The van der Waals surface area contributed by atoms with Gasteiger partial charge in [0.25, 0.3) is 0 Å². The van der Waals surface area contributed by atoms with E-state index in [1.165, 1.54) is 0 Å². The number of nitriles is 7. The van der Waals surface area contributed by atoms with Gasteiger partial charge in [-0.3, -0.25) is 0 Å². The molecule has 3 aromatic carbocycles. The predicted molar refractivity (Wildman–Crippen MR) is 151 cm³/mol. The minimum absolute atomic E-state index is 0.744. The lowest BCUT2D eigenvalue weighted by atomic mass is 9.90. The highest BCUT2D eigenvalue weighted by Gasteiger charge is 2.50. The standard InChI is InChI=1S/C34H2F15N7/c35-26-11(3-50)13(5-52)28(37)30(39)24(26)16(8-55)22-21(23(22)17(9-56)25-27(36)12(4-51)14(6-53)29(38)31(25)40)15(7-54)20-18(33(44,45)46)1-10(32(41,42)43)2-19(20)34(47,48)49/h1-2H/b21-15?,22-16-,23-17+. The van der Waals surface area contributed by atoms with Crippen LogP contribution in [0.2, 0.25) is 0 Å². The van der Waals surface area contributed by atoms with E-state index in [9.17, 15) is 74.6 Å². The number of benzene rings is 3. The molecule has 0 saturated heterocycles. The fourth-order valence-electron chi connectivity index (χ4n) is 5.35. The highest BCUT2D eigenvalue weighted by molar-refractivity contribution is 6.12. The van der Waals surface area contributed by atoms with Crippen LogP contribution in [-0.4, -0.2) is 0 Å². The van der Waals surface area contributed by atoms with Crippen LogP contribution in [-0.2, 0) is 18.5 Å². The van der Waals surface area contributed by atoms with Gasteiger partial charge in [0.05, 0.1) is 44.5 Å². The molecule has 7 nitrogen and oxygen atoms in total. The predicted octanol–water partition coefficient (Wildman–Crippen LogP) is 9.31. The molecule has 3 aromatic rings. The van der Waals surface area contributed by atoms with Gasteiger partial charge in [-0.25, -0.2) is 26.3 Å². The largest absolute Gasteiger partial charge is 0.417 e. The second kappa shape index (κ2) is 13.9. The smallest absolute Gasteiger partial charge is 0.205 e. The Balaban J connectivity index is 2.50. The van der Waals surface area contributed by atoms with Gasteiger partial charge in [0.1, 0.15) is 64.7 Å². The summed E-state index contributed by atoms with van der Waals surface area (Å²) in [4.78, 5) is 0. The minimum Gasteiger partial charge on any atom is -0.205 e. The van der Waals surface area contributed by atoms with Crippen LogP contribution in [0.4, 0.5) is 65.9 Å². The number of nitrogens with zero attached hydrogens (tertiary/aromatic N) is 7. The van der Waals surface area contributed by atoms with Crippen molar-refractivity contribution in [2.75, 3.05) is 0 Å². The molecule has 22 heteroatoms. The molecule has 0 unspecified atom stereocenters. The molecular formula is C34H2F15N7. The molecule has 0 bridgehead atoms. The molecule has 1 saturated carbocycles. The average Bonchev–Trinajstić information content (AvgIpc) is 3.83. The van der Waals surface area contributed by atoms with Crippen molar-refractivity contribution < 1.29 is 65.9 Å². The van der Waals surface area contributed by atoms with Crippen LogP contribution in [0, 0.1) is 114 Å². The summed E-state index contributed by atoms with van der Waals surface area (Å²) in [6.45, 7) is 0. The Labute approximate surface area is 300 Å². The fourth-order valence-corrected chi connectivity index (χ4v) is 5.35. The Morgan fingerprint density at radius 1 is 0.375 bits per heavy atom. The fraction of sp³-hybridized carbons (Fsp3) is 0.0882. The molecule has 0 N–H and O–H groups in total. The Morgan fingerprint density at radius 3 is 0.875 bits per heavy atom. The average molecular weight is 793 g/mol. The van der Waals surface area contributed by atoms with Gasteiger partial charge in [-0.1, -0.05) is 0 Å². The summed E-state index contributed by atoms with van der Waals surface area (Å²) in [5.74, 6) is -14.7. The maximum Gasteiger partial charge on any atom is 0.417 e. The number of alkyl halides is 9. The van der Waals surface area contributed by atoms with Crippen LogP contribution < -0.4 is 0 Å². The maximum absolute atomic E-state index is 15.6. The number of hydrogen-bond acceptors (Lipinski definition) is 7. The first kappa shape index (κ1) is 41.0. The lowest BCUT2D eigenvalue weighted by Crippen LogP contribution is -2.19. The molecule has 0 amide bonds. The summed E-state index contributed by atoms with van der Waals surface area (Å²) in [5.41, 5.74) is -32.9. The first-order valence-corrected chi connectivity index (χ1v) is 13.8. The second-order valence-corrected chi connectivity index (χ2v) is 10.6. The van der Waals surface area contributed by atoms with E-state index in [1.54, 1.807) is 0 Å². The van der Waals surface area contributed by atoms with E-state index in [4.69, 9.17) is 10.5 Å². The Bertz CT molecular complexity index is 2570. The third kappa shape index (κ3) is 6.34. The van der Waals surface area contributed by atoms with Crippen LogP contribution in [0.25, 0.3) is 16.7 Å². The first-order valence-electron chi connectivity index (χ1n) is 13.8. The van der Waals surface area contributed by atoms with E-state index >= 15 is 17.6 Å². The minimum atomic E-state index is -6.27. The summed E-state index contributed by atoms with van der Waals surface area (Å²) in [6, 6.07) is 4.31. The van der Waals surface area contributed by atoms with Gasteiger partial charge in [-0.05, 0) is 12.1 Å². The van der Waals surface area contributed by atoms with E-state index < -0.39 is 155 Å². The zero-order valence-electron chi connectivity index (χ0n) is 26.0. The molecule has 0 aromatic heterocycles. The van der Waals surface area contributed by atoms with Gasteiger partial charge < -0.3 is 0 Å². The van der Waals surface area contributed by atoms with Gasteiger partial charge in [0, 0.05) is 22.3 Å². The molecule has 278 valence electrons. The van der Waals surface area contributed by atoms with Crippen LogP contribution in [0.15, 0.2) is 28.9 Å². The van der Waals surface area contributed by atoms with Crippen molar-refractivity contribution in [3.05, 3.63) is 119 Å². The highest BCUT2D eigenvalue weighted by atomic mass is 19.4. The van der Waals surface area contributed by atoms with Crippen LogP contribution in [0.1, 0.15) is 55.6 Å². The van der Waals surface area contributed by atoms with Crippen molar-refractivity contribution in [2.24, 2.45) is 0 Å². The number of halogens is 15. The van der Waals surface area contributed by atoms with E-state index in [0.29, 0.717) is 0 Å². The van der Waals surface area contributed by atoms with Crippen molar-refractivity contribution in [1.82, 2.24) is 0 Å². The number of allylic oxidation sites excluding steroid dienone is 6. The SMILES string of the molecule is N#CC(=C1C(=C(/C#N)c2c(F)c(F)c(C#N)c(C#N)c2F)/C1=C(/C#N)c1c(F)c(F)c(C#N)c(C#N)c1F)c1c(C(F)(F)F)cc(C(F)(F)F)cc1C(F)(F)F. The summed E-state index contributed by atoms with van der Waals surface area (Å²) >= 11 is 0. The molecule has 1 fully saturated rings. The Morgan fingerprint density at radius 2 is 0.643 bits per heavy atom. The monoisotopic (exact) mass is 793 g/mol. The van der Waals surface area contributed by atoms with Crippen LogP contribution in [0.5, 0.6) is 0 Å². The molecule has 4 rings (SSSR count). The van der Waals surface area contributed by atoms with E-state index in [1.807, 2.05) is 0 Å². The van der Waals surface area contributed by atoms with Crippen LogP contribution >= 0.6 is 0 Å². The van der Waals surface area contributed by atoms with Gasteiger partial charge in [0.15, 0.2) is 34.9 Å². The van der Waals surface area contributed by atoms with Crippen molar-refractivity contribution in [3.8, 4) is 42.5 Å². The molecular weight excluding hydrogens is 791 g/mol. The van der Waals surface area contributed by atoms with E-state index in [-0.39, 0.29) is 0 Å². The molecule has 0 spiro atoms. The van der Waals surface area contributed by atoms with Crippen molar-refractivity contribution in [3.63, 3.8) is 0 Å². The normalized spacial score (nSPS) is 15.2. The number of rotatable bonds is 3. The van der Waals surface area contributed by atoms with Crippen molar-refractivity contribution >= 4 is 16.7 Å². The van der Waals surface area contributed by atoms with Gasteiger partial charge in [-0.2, -0.15) is 76.3 Å². The van der Waals surface area contributed by atoms with Gasteiger partial charge in [-0.15, -0.1) is 0 Å². The van der Waals surface area contributed by atoms with Gasteiger partial charge >= 0.3 is 18.5 Å². The molecule has 0 radical (unpaired) electrons. The third-order valence-corrected chi connectivity index (χ3v) is 7.69. The molecule has 1 aliphatic rings. The summed E-state index contributed by atoms with van der Waals surface area (Å²) in [5, 5.41) is 66.9. The highest BCUT2D eigenvalue weighted by Crippen LogP contribution is 2.59. The van der Waals surface area contributed by atoms with E-state index in [2.05, 4.69) is 0 Å². The maximum atomic E-state index is 15.6. The Hall–Kier alpha value is -7.74. The lowest BCUT2D eigenvalue weighted by molar-refractivity contribution is -0.148. The first-order chi connectivity index (χ1) is 25.9. The molecule has 0 heterocycles. The lowest BCUT2D eigenvalue weighted by Gasteiger charge is -2.21. The topological polar surface area (TPSA) is 167 Å². The summed E-state index contributed by atoms with van der Waals surface area (Å²) in [7, 11) is 0. The number of hydrogen-bond donors (Lipinski definition) is 0. The summed E-state index contributed by atoms with van der Waals surface area (Å²) in [6.07, 6.45) is -18.5. The second-order valence-electron chi connectivity index (χ2n) is 10.6. The third-order valence-electron chi connectivity index (χ3n) is 7.69. The van der Waals surface area contributed by atoms with Crippen molar-refractivity contribution in [1.29, 1.82) is 36.8 Å². The molecule has 56 heavy (non-hydrogen) atoms. The van der Waals surface area contributed by atoms with E-state index in [0.717, 1.165) is 42.5 Å². The molecule has 0 aliphatic heterocycles. The quantitative estimate of drug-likeness (QED) is 0.145. The zero-order chi connectivity index (χ0) is 42.6. The van der Waals surface area contributed by atoms with Crippen LogP contribution in [0.3, 0.4) is 0 Å². The Kier molecular flexibility index (Phi) is 10.2. The van der Waals surface area contributed by atoms with Gasteiger partial charge in [0.2, 0.25) is 0 Å². The summed E-state index contributed by atoms with van der Waals surface area (Å²) < 4.78 is 219. The van der Waals surface area contributed by atoms with Crippen molar-refractivity contribution in [2.45, 2.75) is 18.5 Å². The molecule has 1 aliphatic carbocycles.